The average molecular weight is 422 g/mol. The molecule has 1 aliphatic carbocycles. The van der Waals surface area contributed by atoms with E-state index in [-0.39, 0.29) is 42.3 Å². The maximum atomic E-state index is 12.0. The number of carbonyl (C=O) groups excluding carboxylic acids is 1. The number of halogens is 4. The number of nitrogens with zero attached hydrogens (tertiary/aromatic N) is 1. The van der Waals surface area contributed by atoms with Gasteiger partial charge in [0.05, 0.1) is 13.0 Å². The van der Waals surface area contributed by atoms with Gasteiger partial charge in [-0.2, -0.15) is 13.2 Å². The molecule has 0 spiro atoms. The first-order chi connectivity index (χ1) is 9.42. The maximum Gasteiger partial charge on any atom is 0.390 e. The Bertz CT molecular complexity index is 346. The number of guanidine groups is 1. The van der Waals surface area contributed by atoms with Crippen LogP contribution in [0.4, 0.5) is 13.2 Å². The molecule has 3 N–H and O–H groups in total. The number of alkyl halides is 3. The van der Waals surface area contributed by atoms with Crippen molar-refractivity contribution in [1.29, 1.82) is 0 Å². The van der Waals surface area contributed by atoms with Gasteiger partial charge >= 0.3 is 6.18 Å². The van der Waals surface area contributed by atoms with Crippen molar-refractivity contribution in [1.82, 2.24) is 16.0 Å². The van der Waals surface area contributed by atoms with Crippen molar-refractivity contribution in [3.05, 3.63) is 0 Å². The fourth-order valence-electron chi connectivity index (χ4n) is 1.49. The Labute approximate surface area is 139 Å². The van der Waals surface area contributed by atoms with Crippen LogP contribution in [-0.2, 0) is 4.79 Å². The van der Waals surface area contributed by atoms with Gasteiger partial charge in [-0.05, 0) is 19.8 Å². The predicted octanol–water partition coefficient (Wildman–Crippen LogP) is 1.64. The van der Waals surface area contributed by atoms with Gasteiger partial charge in [0, 0.05) is 25.6 Å². The van der Waals surface area contributed by atoms with E-state index in [0.717, 1.165) is 12.8 Å². The summed E-state index contributed by atoms with van der Waals surface area (Å²) in [6.45, 7) is 2.94. The van der Waals surface area contributed by atoms with Gasteiger partial charge in [-0.3, -0.25) is 9.79 Å². The Balaban J connectivity index is 0.00000400. The number of nitrogens with one attached hydrogen (secondary N) is 3. The third-order valence-electron chi connectivity index (χ3n) is 2.67. The lowest BCUT2D eigenvalue weighted by molar-refractivity contribution is -0.132. The summed E-state index contributed by atoms with van der Waals surface area (Å²) in [5, 5.41) is 8.49. The number of hydrogen-bond acceptors (Lipinski definition) is 2. The molecule has 0 atom stereocenters. The summed E-state index contributed by atoms with van der Waals surface area (Å²) < 4.78 is 36.0. The SMILES string of the molecule is CCNC(=NCCC(F)(F)F)NCCNC(=O)C1CC1.I. The van der Waals surface area contributed by atoms with Gasteiger partial charge in [-0.25, -0.2) is 0 Å². The monoisotopic (exact) mass is 422 g/mol. The van der Waals surface area contributed by atoms with Gasteiger partial charge in [0.25, 0.3) is 0 Å². The molecule has 1 amide bonds. The van der Waals surface area contributed by atoms with Crippen LogP contribution in [0.5, 0.6) is 0 Å². The van der Waals surface area contributed by atoms with E-state index in [4.69, 9.17) is 0 Å². The van der Waals surface area contributed by atoms with Crippen LogP contribution in [-0.4, -0.2) is 44.2 Å². The fourth-order valence-corrected chi connectivity index (χ4v) is 1.49. The van der Waals surface area contributed by atoms with Gasteiger partial charge in [0.15, 0.2) is 5.96 Å². The van der Waals surface area contributed by atoms with E-state index in [1.807, 2.05) is 6.92 Å². The van der Waals surface area contributed by atoms with E-state index in [9.17, 15) is 18.0 Å². The van der Waals surface area contributed by atoms with Crippen molar-refractivity contribution in [2.45, 2.75) is 32.4 Å². The number of amides is 1. The Morgan fingerprint density at radius 3 is 2.33 bits per heavy atom. The largest absolute Gasteiger partial charge is 0.390 e. The number of aliphatic imine (C=N–C) groups is 1. The van der Waals surface area contributed by atoms with Crippen molar-refractivity contribution < 1.29 is 18.0 Å². The molecule has 21 heavy (non-hydrogen) atoms. The van der Waals surface area contributed by atoms with Crippen molar-refractivity contribution in [3.8, 4) is 0 Å². The summed E-state index contributed by atoms with van der Waals surface area (Å²) in [5.74, 6) is 0.534. The highest BCUT2D eigenvalue weighted by Gasteiger charge is 2.29. The average Bonchev–Trinajstić information content (AvgIpc) is 3.16. The third-order valence-corrected chi connectivity index (χ3v) is 2.67. The first-order valence-electron chi connectivity index (χ1n) is 6.79. The lowest BCUT2D eigenvalue weighted by atomic mass is 10.4. The minimum Gasteiger partial charge on any atom is -0.357 e. The number of hydrogen-bond donors (Lipinski definition) is 3. The molecule has 0 aromatic heterocycles. The molecule has 0 aromatic carbocycles. The smallest absolute Gasteiger partial charge is 0.357 e. The molecule has 0 bridgehead atoms. The van der Waals surface area contributed by atoms with Gasteiger partial charge in [-0.15, -0.1) is 24.0 Å². The number of carbonyl (C=O) groups is 1. The van der Waals surface area contributed by atoms with E-state index >= 15 is 0 Å². The van der Waals surface area contributed by atoms with Crippen molar-refractivity contribution in [2.75, 3.05) is 26.2 Å². The van der Waals surface area contributed by atoms with E-state index in [0.29, 0.717) is 25.6 Å². The van der Waals surface area contributed by atoms with Gasteiger partial charge < -0.3 is 16.0 Å². The molecule has 1 aliphatic rings. The third kappa shape index (κ3) is 10.6. The van der Waals surface area contributed by atoms with E-state index < -0.39 is 12.6 Å². The molecule has 5 nitrogen and oxygen atoms in total. The van der Waals surface area contributed by atoms with Crippen LogP contribution >= 0.6 is 24.0 Å². The summed E-state index contributed by atoms with van der Waals surface area (Å²) in [7, 11) is 0. The van der Waals surface area contributed by atoms with Crippen LogP contribution in [0.15, 0.2) is 4.99 Å². The molecule has 124 valence electrons. The highest BCUT2D eigenvalue weighted by molar-refractivity contribution is 14.0. The van der Waals surface area contributed by atoms with E-state index in [1.165, 1.54) is 0 Å². The Morgan fingerprint density at radius 2 is 1.81 bits per heavy atom. The van der Waals surface area contributed by atoms with Crippen LogP contribution in [0.3, 0.4) is 0 Å². The Hall–Kier alpha value is -0.740. The Kier molecular flexibility index (Phi) is 9.71. The van der Waals surface area contributed by atoms with Gasteiger partial charge in [0.1, 0.15) is 0 Å². The standard InChI is InChI=1S/C12H21F3N4O.HI/c1-2-16-11(18-6-5-12(13,14)15)19-8-7-17-10(20)9-3-4-9;/h9H,2-8H2,1H3,(H,17,20)(H2,16,18,19);1H. The fraction of sp³-hybridized carbons (Fsp3) is 0.833. The van der Waals surface area contributed by atoms with Crippen LogP contribution in [0.25, 0.3) is 0 Å². The highest BCUT2D eigenvalue weighted by Crippen LogP contribution is 2.28. The quantitative estimate of drug-likeness (QED) is 0.253. The molecule has 1 fully saturated rings. The molecule has 0 aromatic rings. The predicted molar refractivity (Wildman–Crippen MR) is 85.8 cm³/mol. The molecule has 1 rings (SSSR count). The first-order valence-corrected chi connectivity index (χ1v) is 6.79. The molecule has 0 saturated heterocycles. The van der Waals surface area contributed by atoms with Crippen molar-refractivity contribution >= 4 is 35.8 Å². The second-order valence-electron chi connectivity index (χ2n) is 4.62. The van der Waals surface area contributed by atoms with Crippen LogP contribution in [0, 0.1) is 5.92 Å². The zero-order valence-electron chi connectivity index (χ0n) is 11.9. The summed E-state index contributed by atoms with van der Waals surface area (Å²) in [5.41, 5.74) is 0. The zero-order chi connectivity index (χ0) is 15.0. The van der Waals surface area contributed by atoms with Crippen LogP contribution < -0.4 is 16.0 Å². The summed E-state index contributed by atoms with van der Waals surface area (Å²) in [6, 6.07) is 0. The summed E-state index contributed by atoms with van der Waals surface area (Å²) >= 11 is 0. The molecule has 0 unspecified atom stereocenters. The van der Waals surface area contributed by atoms with Crippen molar-refractivity contribution in [2.24, 2.45) is 10.9 Å². The molecule has 1 saturated carbocycles. The molecule has 0 heterocycles. The summed E-state index contributed by atoms with van der Waals surface area (Å²) in [6.07, 6.45) is -3.25. The maximum absolute atomic E-state index is 12.0. The molecular weight excluding hydrogens is 400 g/mol. The minimum atomic E-state index is -4.20. The van der Waals surface area contributed by atoms with Gasteiger partial charge in [0.2, 0.25) is 5.91 Å². The minimum absolute atomic E-state index is 0. The second-order valence-corrected chi connectivity index (χ2v) is 4.62. The van der Waals surface area contributed by atoms with E-state index in [1.54, 1.807) is 0 Å². The normalized spacial score (nSPS) is 15.1. The van der Waals surface area contributed by atoms with Crippen LogP contribution in [0.2, 0.25) is 0 Å². The second kappa shape index (κ2) is 10.1. The first kappa shape index (κ1) is 20.3. The van der Waals surface area contributed by atoms with Crippen LogP contribution in [0.1, 0.15) is 26.2 Å². The van der Waals surface area contributed by atoms with E-state index in [2.05, 4.69) is 20.9 Å². The number of rotatable bonds is 7. The topological polar surface area (TPSA) is 65.5 Å². The zero-order valence-corrected chi connectivity index (χ0v) is 14.3. The lowest BCUT2D eigenvalue weighted by Crippen LogP contribution is -2.41. The molecular formula is C12H22F3IN4O. The lowest BCUT2D eigenvalue weighted by Gasteiger charge is -2.12. The van der Waals surface area contributed by atoms with Crippen molar-refractivity contribution in [3.63, 3.8) is 0 Å². The van der Waals surface area contributed by atoms with Gasteiger partial charge in [-0.1, -0.05) is 0 Å². The molecule has 0 radical (unpaired) electrons. The highest BCUT2D eigenvalue weighted by atomic mass is 127. The summed E-state index contributed by atoms with van der Waals surface area (Å²) in [4.78, 5) is 15.2. The molecule has 9 heteroatoms. The molecule has 0 aliphatic heterocycles. The Morgan fingerprint density at radius 1 is 1.19 bits per heavy atom.